The molecule has 1 aliphatic heterocycles. The topological polar surface area (TPSA) is 21.3 Å². The van der Waals surface area contributed by atoms with Gasteiger partial charge in [-0.3, -0.25) is 5.32 Å². The van der Waals surface area contributed by atoms with Gasteiger partial charge in [0.2, 0.25) is 0 Å². The van der Waals surface area contributed by atoms with Gasteiger partial charge in [-0.2, -0.15) is 13.2 Å². The number of halogens is 3. The smallest absolute Gasteiger partial charge is 0.447 e. The zero-order valence-corrected chi connectivity index (χ0v) is 12.4. The number of ether oxygens (including phenoxy) is 1. The maximum atomic E-state index is 13.5. The highest BCUT2D eigenvalue weighted by Crippen LogP contribution is 2.39. The average Bonchev–Trinajstić information content (AvgIpc) is 2.37. The van der Waals surface area contributed by atoms with Gasteiger partial charge in [0, 0.05) is 5.56 Å². The van der Waals surface area contributed by atoms with Crippen molar-refractivity contribution in [3.05, 3.63) is 35.4 Å². The van der Waals surface area contributed by atoms with Gasteiger partial charge in [-0.25, -0.2) is 0 Å². The number of aryl methyl sites for hydroxylation is 1. The van der Waals surface area contributed by atoms with Crippen LogP contribution in [0.25, 0.3) is 6.08 Å². The van der Waals surface area contributed by atoms with Gasteiger partial charge in [0.25, 0.3) is 5.72 Å². The molecule has 1 aliphatic rings. The molecule has 21 heavy (non-hydrogen) atoms. The summed E-state index contributed by atoms with van der Waals surface area (Å²) in [6.07, 6.45) is -1.34. The first-order chi connectivity index (χ1) is 9.73. The molecule has 2 rings (SSSR count). The van der Waals surface area contributed by atoms with Crippen LogP contribution in [-0.2, 0) is 0 Å². The van der Waals surface area contributed by atoms with Crippen LogP contribution >= 0.6 is 0 Å². The molecule has 0 fully saturated rings. The molecule has 2 nitrogen and oxygen atoms in total. The largest absolute Gasteiger partial charge is 0.459 e. The van der Waals surface area contributed by atoms with Crippen molar-refractivity contribution in [3.8, 4) is 5.75 Å². The van der Waals surface area contributed by atoms with E-state index >= 15 is 0 Å². The summed E-state index contributed by atoms with van der Waals surface area (Å²) in [5, 5.41) is 2.53. The number of hydrogen-bond donors (Lipinski definition) is 1. The van der Waals surface area contributed by atoms with Gasteiger partial charge in [-0.1, -0.05) is 25.5 Å². The quantitative estimate of drug-likeness (QED) is 0.895. The third kappa shape index (κ3) is 3.40. The summed E-state index contributed by atoms with van der Waals surface area (Å²) < 4.78 is 45.7. The molecule has 0 aromatic heterocycles. The highest BCUT2D eigenvalue weighted by atomic mass is 19.4. The third-order valence-corrected chi connectivity index (χ3v) is 3.46. The molecule has 0 saturated carbocycles. The first-order valence-corrected chi connectivity index (χ1v) is 7.04. The molecule has 0 bridgehead atoms. The molecule has 5 heteroatoms. The molecule has 0 amide bonds. The van der Waals surface area contributed by atoms with Crippen LogP contribution in [-0.4, -0.2) is 18.4 Å². The molecule has 0 spiro atoms. The van der Waals surface area contributed by atoms with Gasteiger partial charge in [0.1, 0.15) is 5.75 Å². The van der Waals surface area contributed by atoms with Crippen molar-refractivity contribution in [3.63, 3.8) is 0 Å². The normalized spacial score (nSPS) is 21.3. The molecule has 1 aromatic rings. The van der Waals surface area contributed by atoms with E-state index in [2.05, 4.69) is 5.32 Å². The Balaban J connectivity index is 2.26. The summed E-state index contributed by atoms with van der Waals surface area (Å²) in [4.78, 5) is 0. The zero-order chi connectivity index (χ0) is 15.7. The minimum Gasteiger partial charge on any atom is -0.459 e. The summed E-state index contributed by atoms with van der Waals surface area (Å²) in [6, 6.07) is 5.13. The van der Waals surface area contributed by atoms with Crippen LogP contribution in [0.5, 0.6) is 5.75 Å². The van der Waals surface area contributed by atoms with Gasteiger partial charge in [-0.15, -0.1) is 0 Å². The van der Waals surface area contributed by atoms with Gasteiger partial charge >= 0.3 is 6.18 Å². The fraction of sp³-hybridized carbons (Fsp3) is 0.500. The van der Waals surface area contributed by atoms with E-state index in [1.165, 1.54) is 6.08 Å². The highest BCUT2D eigenvalue weighted by molar-refractivity contribution is 5.62. The molecule has 1 heterocycles. The van der Waals surface area contributed by atoms with Gasteiger partial charge in [-0.05, 0) is 50.1 Å². The van der Waals surface area contributed by atoms with Crippen LogP contribution in [0.2, 0.25) is 0 Å². The fourth-order valence-electron chi connectivity index (χ4n) is 2.20. The van der Waals surface area contributed by atoms with Gasteiger partial charge in [0.15, 0.2) is 0 Å². The second-order valence-electron chi connectivity index (χ2n) is 5.82. The lowest BCUT2D eigenvalue weighted by Crippen LogP contribution is -2.60. The number of fused-ring (bicyclic) bond motifs is 1. The molecule has 116 valence electrons. The van der Waals surface area contributed by atoms with E-state index in [9.17, 15) is 13.2 Å². The van der Waals surface area contributed by atoms with Gasteiger partial charge < -0.3 is 4.74 Å². The third-order valence-electron chi connectivity index (χ3n) is 3.46. The Morgan fingerprint density at radius 3 is 2.62 bits per heavy atom. The van der Waals surface area contributed by atoms with E-state index in [0.717, 1.165) is 11.6 Å². The Morgan fingerprint density at radius 1 is 1.29 bits per heavy atom. The first kappa shape index (κ1) is 15.9. The van der Waals surface area contributed by atoms with Crippen LogP contribution in [0.4, 0.5) is 13.2 Å². The Kier molecular flexibility index (Phi) is 4.33. The predicted octanol–water partition coefficient (Wildman–Crippen LogP) is 4.29. The number of hydrogen-bond acceptors (Lipinski definition) is 2. The molecule has 1 unspecified atom stereocenters. The van der Waals surface area contributed by atoms with E-state index in [-0.39, 0.29) is 12.3 Å². The molecule has 1 N–H and O–H groups in total. The monoisotopic (exact) mass is 299 g/mol. The number of alkyl halides is 3. The standard InChI is InChI=1S/C16H20F3NO/c1-11(2)7-9-20-15(16(17,18)19)8-6-13-10-12(3)4-5-14(13)21-15/h4-6,8,10-11,20H,7,9H2,1-3H3. The lowest BCUT2D eigenvalue weighted by Gasteiger charge is -2.37. The Morgan fingerprint density at radius 2 is 2.00 bits per heavy atom. The molecule has 1 aromatic carbocycles. The second kappa shape index (κ2) is 5.72. The SMILES string of the molecule is Cc1ccc2c(c1)C=CC(NCCC(C)C)(C(F)(F)F)O2. The van der Waals surface area contributed by atoms with Crippen molar-refractivity contribution >= 4 is 6.08 Å². The van der Waals surface area contributed by atoms with E-state index in [1.54, 1.807) is 18.2 Å². The van der Waals surface area contributed by atoms with Crippen molar-refractivity contribution in [2.45, 2.75) is 39.1 Å². The van der Waals surface area contributed by atoms with E-state index < -0.39 is 11.9 Å². The number of nitrogens with one attached hydrogen (secondary N) is 1. The summed E-state index contributed by atoms with van der Waals surface area (Å²) >= 11 is 0. The summed E-state index contributed by atoms with van der Waals surface area (Å²) in [5.41, 5.74) is -0.792. The molecule has 0 aliphatic carbocycles. The molecular weight excluding hydrogens is 279 g/mol. The molecule has 0 saturated heterocycles. The van der Waals surface area contributed by atoms with Crippen LogP contribution in [0.15, 0.2) is 24.3 Å². The van der Waals surface area contributed by atoms with Crippen LogP contribution in [0, 0.1) is 12.8 Å². The van der Waals surface area contributed by atoms with E-state index in [1.807, 2.05) is 20.8 Å². The first-order valence-electron chi connectivity index (χ1n) is 7.04. The van der Waals surface area contributed by atoms with Crippen molar-refractivity contribution in [1.82, 2.24) is 5.32 Å². The van der Waals surface area contributed by atoms with Crippen LogP contribution in [0.1, 0.15) is 31.4 Å². The lowest BCUT2D eigenvalue weighted by atomic mass is 10.0. The minimum atomic E-state index is -4.52. The Labute approximate surface area is 123 Å². The Hall–Kier alpha value is -1.49. The van der Waals surface area contributed by atoms with E-state index in [4.69, 9.17) is 4.74 Å². The highest BCUT2D eigenvalue weighted by Gasteiger charge is 2.56. The van der Waals surface area contributed by atoms with Crippen LogP contribution in [0.3, 0.4) is 0 Å². The van der Waals surface area contributed by atoms with Crippen molar-refractivity contribution < 1.29 is 17.9 Å². The van der Waals surface area contributed by atoms with Crippen LogP contribution < -0.4 is 10.1 Å². The summed E-state index contributed by atoms with van der Waals surface area (Å²) in [6.45, 7) is 6.07. The maximum absolute atomic E-state index is 13.5. The molecular formula is C16H20F3NO. The summed E-state index contributed by atoms with van der Waals surface area (Å²) in [7, 11) is 0. The Bertz CT molecular complexity index is 537. The van der Waals surface area contributed by atoms with Crippen molar-refractivity contribution in [2.24, 2.45) is 5.92 Å². The van der Waals surface area contributed by atoms with Crippen molar-refractivity contribution in [1.29, 1.82) is 0 Å². The van der Waals surface area contributed by atoms with Gasteiger partial charge in [0.05, 0.1) is 0 Å². The lowest BCUT2D eigenvalue weighted by molar-refractivity contribution is -0.241. The van der Waals surface area contributed by atoms with Crippen molar-refractivity contribution in [2.75, 3.05) is 6.54 Å². The number of rotatable bonds is 4. The fourth-order valence-corrected chi connectivity index (χ4v) is 2.20. The zero-order valence-electron chi connectivity index (χ0n) is 12.4. The maximum Gasteiger partial charge on any atom is 0.447 e. The minimum absolute atomic E-state index is 0.239. The second-order valence-corrected chi connectivity index (χ2v) is 5.82. The summed E-state index contributed by atoms with van der Waals surface area (Å²) in [5.74, 6) is 0.572. The average molecular weight is 299 g/mol. The molecule has 0 radical (unpaired) electrons. The van der Waals surface area contributed by atoms with E-state index in [0.29, 0.717) is 17.9 Å². The number of benzene rings is 1. The predicted molar refractivity (Wildman–Crippen MR) is 77.1 cm³/mol. The molecule has 1 atom stereocenters.